The standard InChI is InChI=1S/C12H21NO3S3/c1-5-10(8-17-4)13(3)19(15,16)12-6-11(7-14)18-9(12)2/h6,10,14H,5,7-8H2,1-4H3. The van der Waals surface area contributed by atoms with Gasteiger partial charge in [0, 0.05) is 28.6 Å². The van der Waals surface area contributed by atoms with Crippen LogP contribution in [0, 0.1) is 6.92 Å². The molecule has 0 aliphatic carbocycles. The molecule has 1 atom stereocenters. The van der Waals surface area contributed by atoms with E-state index in [2.05, 4.69) is 0 Å². The fraction of sp³-hybridized carbons (Fsp3) is 0.667. The van der Waals surface area contributed by atoms with Gasteiger partial charge in [0.1, 0.15) is 0 Å². The van der Waals surface area contributed by atoms with Crippen LogP contribution in [0.3, 0.4) is 0 Å². The van der Waals surface area contributed by atoms with Crippen LogP contribution in [0.25, 0.3) is 0 Å². The molecule has 0 aliphatic rings. The highest BCUT2D eigenvalue weighted by Crippen LogP contribution is 2.29. The minimum absolute atomic E-state index is 0.00289. The van der Waals surface area contributed by atoms with Gasteiger partial charge in [-0.2, -0.15) is 16.1 Å². The van der Waals surface area contributed by atoms with Crippen molar-refractivity contribution in [1.29, 1.82) is 0 Å². The number of aliphatic hydroxyl groups excluding tert-OH is 1. The summed E-state index contributed by atoms with van der Waals surface area (Å²) >= 11 is 2.97. The Balaban J connectivity index is 3.11. The normalized spacial score (nSPS) is 14.0. The molecular formula is C12H21NO3S3. The van der Waals surface area contributed by atoms with Crippen LogP contribution < -0.4 is 0 Å². The minimum atomic E-state index is -3.47. The van der Waals surface area contributed by atoms with E-state index >= 15 is 0 Å². The van der Waals surface area contributed by atoms with Crippen molar-refractivity contribution in [3.05, 3.63) is 15.8 Å². The number of thiophene rings is 1. The Hall–Kier alpha value is -0.0800. The summed E-state index contributed by atoms with van der Waals surface area (Å²) in [5.41, 5.74) is 0. The Morgan fingerprint density at radius 1 is 1.53 bits per heavy atom. The first-order chi connectivity index (χ1) is 8.88. The van der Waals surface area contributed by atoms with Gasteiger partial charge in [0.25, 0.3) is 0 Å². The SMILES string of the molecule is CCC(CSC)N(C)S(=O)(=O)c1cc(CO)sc1C. The quantitative estimate of drug-likeness (QED) is 0.836. The smallest absolute Gasteiger partial charge is 0.244 e. The summed E-state index contributed by atoms with van der Waals surface area (Å²) < 4.78 is 26.7. The Morgan fingerprint density at radius 2 is 2.16 bits per heavy atom. The van der Waals surface area contributed by atoms with Gasteiger partial charge >= 0.3 is 0 Å². The molecule has 4 nitrogen and oxygen atoms in total. The molecule has 1 rings (SSSR count). The van der Waals surface area contributed by atoms with Crippen molar-refractivity contribution in [2.45, 2.75) is 37.8 Å². The van der Waals surface area contributed by atoms with Crippen LogP contribution in [0.15, 0.2) is 11.0 Å². The third-order valence-electron chi connectivity index (χ3n) is 3.08. The number of rotatable bonds is 7. The van der Waals surface area contributed by atoms with E-state index < -0.39 is 10.0 Å². The average molecular weight is 324 g/mol. The van der Waals surface area contributed by atoms with Crippen LogP contribution in [0.2, 0.25) is 0 Å². The van der Waals surface area contributed by atoms with Crippen molar-refractivity contribution in [2.24, 2.45) is 0 Å². The van der Waals surface area contributed by atoms with Crippen molar-refractivity contribution < 1.29 is 13.5 Å². The maximum atomic E-state index is 12.6. The van der Waals surface area contributed by atoms with Gasteiger partial charge < -0.3 is 5.11 Å². The molecule has 0 aromatic carbocycles. The summed E-state index contributed by atoms with van der Waals surface area (Å²) in [5.74, 6) is 0.780. The van der Waals surface area contributed by atoms with Crippen LogP contribution in [0.4, 0.5) is 0 Å². The second-order valence-electron chi connectivity index (χ2n) is 4.33. The second-order valence-corrected chi connectivity index (χ2v) is 8.55. The molecule has 0 spiro atoms. The van der Waals surface area contributed by atoms with Crippen molar-refractivity contribution in [3.8, 4) is 0 Å². The summed E-state index contributed by atoms with van der Waals surface area (Å²) in [6.45, 7) is 3.65. The topological polar surface area (TPSA) is 57.6 Å². The van der Waals surface area contributed by atoms with Crippen LogP contribution >= 0.6 is 23.1 Å². The maximum Gasteiger partial charge on any atom is 0.244 e. The average Bonchev–Trinajstić information content (AvgIpc) is 2.77. The van der Waals surface area contributed by atoms with Crippen molar-refractivity contribution in [3.63, 3.8) is 0 Å². The summed E-state index contributed by atoms with van der Waals surface area (Å²) in [5, 5.41) is 9.12. The van der Waals surface area contributed by atoms with Crippen LogP contribution in [0.1, 0.15) is 23.1 Å². The summed E-state index contributed by atoms with van der Waals surface area (Å²) in [6, 6.07) is 1.58. The van der Waals surface area contributed by atoms with E-state index in [0.29, 0.717) is 9.77 Å². The maximum absolute atomic E-state index is 12.6. The third kappa shape index (κ3) is 3.72. The molecule has 1 aromatic heterocycles. The third-order valence-corrected chi connectivity index (χ3v) is 7.00. The van der Waals surface area contributed by atoms with Gasteiger partial charge in [-0.05, 0) is 25.7 Å². The number of nitrogens with zero attached hydrogens (tertiary/aromatic N) is 1. The molecule has 1 unspecified atom stereocenters. The first kappa shape index (κ1) is 17.0. The van der Waals surface area contributed by atoms with Gasteiger partial charge in [-0.1, -0.05) is 6.92 Å². The van der Waals surface area contributed by atoms with Gasteiger partial charge in [-0.25, -0.2) is 8.42 Å². The van der Waals surface area contributed by atoms with E-state index in [1.54, 1.807) is 31.8 Å². The molecule has 110 valence electrons. The lowest BCUT2D eigenvalue weighted by Crippen LogP contribution is -2.38. The van der Waals surface area contributed by atoms with E-state index in [1.807, 2.05) is 13.2 Å². The Labute approximate surface area is 123 Å². The lowest BCUT2D eigenvalue weighted by Gasteiger charge is -2.25. The van der Waals surface area contributed by atoms with E-state index in [1.165, 1.54) is 15.6 Å². The van der Waals surface area contributed by atoms with Gasteiger partial charge in [0.15, 0.2) is 0 Å². The molecule has 1 N–H and O–H groups in total. The number of hydrogen-bond donors (Lipinski definition) is 1. The fourth-order valence-corrected chi connectivity index (χ4v) is 5.71. The molecule has 0 amide bonds. The summed E-state index contributed by atoms with van der Waals surface area (Å²) in [6.07, 6.45) is 2.76. The van der Waals surface area contributed by atoms with Crippen LogP contribution in [-0.2, 0) is 16.6 Å². The van der Waals surface area contributed by atoms with E-state index in [-0.39, 0.29) is 12.6 Å². The fourth-order valence-electron chi connectivity index (χ4n) is 1.88. The van der Waals surface area contributed by atoms with Gasteiger partial charge in [-0.3, -0.25) is 0 Å². The monoisotopic (exact) mass is 323 g/mol. The Morgan fingerprint density at radius 3 is 2.58 bits per heavy atom. The number of thioether (sulfide) groups is 1. The highest BCUT2D eigenvalue weighted by Gasteiger charge is 2.29. The summed E-state index contributed by atoms with van der Waals surface area (Å²) in [4.78, 5) is 1.74. The molecule has 0 fully saturated rings. The molecule has 1 aromatic rings. The van der Waals surface area contributed by atoms with E-state index in [9.17, 15) is 8.42 Å². The Kier molecular flexibility index (Phi) is 6.32. The van der Waals surface area contributed by atoms with E-state index in [4.69, 9.17) is 5.11 Å². The van der Waals surface area contributed by atoms with E-state index in [0.717, 1.165) is 17.1 Å². The van der Waals surface area contributed by atoms with Gasteiger partial charge in [0.2, 0.25) is 10.0 Å². The minimum Gasteiger partial charge on any atom is -0.391 e. The van der Waals surface area contributed by atoms with Crippen LogP contribution in [0.5, 0.6) is 0 Å². The number of aliphatic hydroxyl groups is 1. The van der Waals surface area contributed by atoms with Crippen molar-refractivity contribution in [2.75, 3.05) is 19.1 Å². The second kappa shape index (κ2) is 7.08. The molecule has 0 saturated heterocycles. The van der Waals surface area contributed by atoms with Crippen LogP contribution in [-0.4, -0.2) is 42.9 Å². The van der Waals surface area contributed by atoms with Crippen molar-refractivity contribution in [1.82, 2.24) is 4.31 Å². The Bertz CT molecular complexity index is 510. The predicted molar refractivity (Wildman–Crippen MR) is 82.4 cm³/mol. The zero-order chi connectivity index (χ0) is 14.6. The molecule has 7 heteroatoms. The first-order valence-corrected chi connectivity index (χ1v) is 9.70. The number of aryl methyl sites for hydroxylation is 1. The zero-order valence-electron chi connectivity index (χ0n) is 11.7. The highest BCUT2D eigenvalue weighted by atomic mass is 32.2. The molecule has 1 heterocycles. The molecule has 0 bridgehead atoms. The molecular weight excluding hydrogens is 302 g/mol. The first-order valence-electron chi connectivity index (χ1n) is 6.05. The largest absolute Gasteiger partial charge is 0.391 e. The predicted octanol–water partition coefficient (Wildman–Crippen LogP) is 2.31. The van der Waals surface area contributed by atoms with Crippen molar-refractivity contribution >= 4 is 33.1 Å². The number of hydrogen-bond acceptors (Lipinski definition) is 5. The van der Waals surface area contributed by atoms with Gasteiger partial charge in [0.05, 0.1) is 11.5 Å². The molecule has 0 radical (unpaired) electrons. The highest BCUT2D eigenvalue weighted by molar-refractivity contribution is 7.98. The molecule has 0 aliphatic heterocycles. The molecule has 0 saturated carbocycles. The van der Waals surface area contributed by atoms with Gasteiger partial charge in [-0.15, -0.1) is 11.3 Å². The lowest BCUT2D eigenvalue weighted by molar-refractivity contribution is 0.285. The molecule has 19 heavy (non-hydrogen) atoms. The number of sulfonamides is 1. The summed E-state index contributed by atoms with van der Waals surface area (Å²) in [7, 11) is -1.84. The lowest BCUT2D eigenvalue weighted by atomic mass is 10.3. The zero-order valence-corrected chi connectivity index (χ0v) is 14.2.